The van der Waals surface area contributed by atoms with Gasteiger partial charge in [-0.05, 0) is 55.9 Å². The molecule has 1 saturated heterocycles. The van der Waals surface area contributed by atoms with Crippen LogP contribution in [0.3, 0.4) is 0 Å². The summed E-state index contributed by atoms with van der Waals surface area (Å²) in [6, 6.07) is 5.06. The van der Waals surface area contributed by atoms with Crippen LogP contribution in [0.5, 0.6) is 0 Å². The van der Waals surface area contributed by atoms with Crippen molar-refractivity contribution >= 4 is 23.4 Å². The Morgan fingerprint density at radius 3 is 2.78 bits per heavy atom. The first-order valence-corrected chi connectivity index (χ1v) is 7.94. The van der Waals surface area contributed by atoms with Crippen LogP contribution in [0.25, 0.3) is 0 Å². The first-order valence-electron chi connectivity index (χ1n) is 6.40. The summed E-state index contributed by atoms with van der Waals surface area (Å²) in [5.74, 6) is 2.99. The van der Waals surface area contributed by atoms with Crippen LogP contribution in [0.1, 0.15) is 30.9 Å². The number of thioether (sulfide) groups is 1. The second kappa shape index (κ2) is 6.78. The van der Waals surface area contributed by atoms with Crippen LogP contribution in [0.15, 0.2) is 18.2 Å². The van der Waals surface area contributed by atoms with E-state index in [1.54, 1.807) is 12.1 Å². The molecule has 1 heterocycles. The maximum Gasteiger partial charge on any atom is 0.129 e. The molecule has 100 valence electrons. The lowest BCUT2D eigenvalue weighted by molar-refractivity contribution is 0.377. The molecule has 1 aromatic rings. The maximum atomic E-state index is 13.9. The van der Waals surface area contributed by atoms with Crippen molar-refractivity contribution in [3.05, 3.63) is 34.6 Å². The number of benzene rings is 1. The smallest absolute Gasteiger partial charge is 0.129 e. The normalized spacial score (nSPS) is 18.8. The molecule has 1 aromatic carbocycles. The maximum absolute atomic E-state index is 13.9. The van der Waals surface area contributed by atoms with E-state index in [1.165, 1.54) is 30.4 Å². The standard InChI is InChI=1S/C14H19ClFNS/c1-17-14(8-10-4-6-18-7-5-10)12-3-2-11(15)9-13(12)16/h2-3,9-10,14,17H,4-8H2,1H3. The lowest BCUT2D eigenvalue weighted by Gasteiger charge is -2.26. The molecule has 1 nitrogen and oxygen atoms in total. The van der Waals surface area contributed by atoms with Crippen molar-refractivity contribution < 1.29 is 4.39 Å². The summed E-state index contributed by atoms with van der Waals surface area (Å²) in [4.78, 5) is 0. The van der Waals surface area contributed by atoms with E-state index < -0.39 is 0 Å². The molecule has 0 radical (unpaired) electrons. The summed E-state index contributed by atoms with van der Waals surface area (Å²) in [5.41, 5.74) is 0.736. The van der Waals surface area contributed by atoms with Crippen LogP contribution in [0.2, 0.25) is 5.02 Å². The molecule has 1 unspecified atom stereocenters. The Kier molecular flexibility index (Phi) is 5.34. The Morgan fingerprint density at radius 1 is 1.44 bits per heavy atom. The monoisotopic (exact) mass is 287 g/mol. The van der Waals surface area contributed by atoms with Gasteiger partial charge in [0, 0.05) is 16.6 Å². The van der Waals surface area contributed by atoms with Crippen molar-refractivity contribution in [2.45, 2.75) is 25.3 Å². The summed E-state index contributed by atoms with van der Waals surface area (Å²) in [6.45, 7) is 0. The molecule has 1 aliphatic rings. The molecular weight excluding hydrogens is 269 g/mol. The van der Waals surface area contributed by atoms with Crippen molar-refractivity contribution in [3.63, 3.8) is 0 Å². The number of nitrogens with one attached hydrogen (secondary N) is 1. The van der Waals surface area contributed by atoms with Crippen LogP contribution in [-0.4, -0.2) is 18.6 Å². The minimum atomic E-state index is -0.202. The summed E-state index contributed by atoms with van der Waals surface area (Å²) >= 11 is 7.82. The quantitative estimate of drug-likeness (QED) is 0.887. The average Bonchev–Trinajstić information content (AvgIpc) is 2.38. The third-order valence-electron chi connectivity index (χ3n) is 3.60. The lowest BCUT2D eigenvalue weighted by atomic mass is 9.90. The van der Waals surface area contributed by atoms with Gasteiger partial charge >= 0.3 is 0 Å². The van der Waals surface area contributed by atoms with Crippen LogP contribution in [0, 0.1) is 11.7 Å². The van der Waals surface area contributed by atoms with Crippen molar-refractivity contribution in [1.82, 2.24) is 5.32 Å². The van der Waals surface area contributed by atoms with E-state index in [2.05, 4.69) is 5.32 Å². The van der Waals surface area contributed by atoms with E-state index in [0.717, 1.165) is 12.0 Å². The highest BCUT2D eigenvalue weighted by molar-refractivity contribution is 7.99. The molecule has 18 heavy (non-hydrogen) atoms. The Balaban J connectivity index is 2.07. The number of halogens is 2. The van der Waals surface area contributed by atoms with Gasteiger partial charge in [-0.3, -0.25) is 0 Å². The second-order valence-corrected chi connectivity index (χ2v) is 6.46. The third kappa shape index (κ3) is 3.62. The van der Waals surface area contributed by atoms with Gasteiger partial charge in [0.25, 0.3) is 0 Å². The molecular formula is C14H19ClFNS. The molecule has 1 fully saturated rings. The molecule has 0 spiro atoms. The summed E-state index contributed by atoms with van der Waals surface area (Å²) in [5, 5.41) is 3.69. The molecule has 0 saturated carbocycles. The molecule has 0 amide bonds. The van der Waals surface area contributed by atoms with Gasteiger partial charge in [0.15, 0.2) is 0 Å². The van der Waals surface area contributed by atoms with Gasteiger partial charge in [0.05, 0.1) is 0 Å². The van der Waals surface area contributed by atoms with Crippen molar-refractivity contribution in [2.75, 3.05) is 18.6 Å². The topological polar surface area (TPSA) is 12.0 Å². The molecule has 1 atom stereocenters. The third-order valence-corrected chi connectivity index (χ3v) is 4.88. The highest BCUT2D eigenvalue weighted by Gasteiger charge is 2.21. The highest BCUT2D eigenvalue weighted by atomic mass is 35.5. The summed E-state index contributed by atoms with van der Waals surface area (Å²) in [6.07, 6.45) is 3.51. The minimum absolute atomic E-state index is 0.0929. The Labute approximate surface area is 117 Å². The van der Waals surface area contributed by atoms with E-state index in [0.29, 0.717) is 10.9 Å². The Bertz CT molecular complexity index is 393. The van der Waals surface area contributed by atoms with Gasteiger partial charge in [-0.2, -0.15) is 11.8 Å². The van der Waals surface area contributed by atoms with Gasteiger partial charge in [-0.15, -0.1) is 0 Å². The SMILES string of the molecule is CNC(CC1CCSCC1)c1ccc(Cl)cc1F. The van der Waals surface area contributed by atoms with E-state index in [1.807, 2.05) is 18.8 Å². The zero-order valence-electron chi connectivity index (χ0n) is 10.6. The fourth-order valence-electron chi connectivity index (χ4n) is 2.50. The molecule has 1 aliphatic heterocycles. The van der Waals surface area contributed by atoms with Crippen LogP contribution < -0.4 is 5.32 Å². The van der Waals surface area contributed by atoms with Crippen molar-refractivity contribution in [3.8, 4) is 0 Å². The zero-order valence-corrected chi connectivity index (χ0v) is 12.2. The molecule has 4 heteroatoms. The Hall–Kier alpha value is -0.250. The molecule has 1 N–H and O–H groups in total. The van der Waals surface area contributed by atoms with Crippen LogP contribution in [-0.2, 0) is 0 Å². The highest BCUT2D eigenvalue weighted by Crippen LogP contribution is 2.32. The largest absolute Gasteiger partial charge is 0.313 e. The van der Waals surface area contributed by atoms with Crippen LogP contribution >= 0.6 is 23.4 Å². The fourth-order valence-corrected chi connectivity index (χ4v) is 3.86. The average molecular weight is 288 g/mol. The van der Waals surface area contributed by atoms with Crippen LogP contribution in [0.4, 0.5) is 4.39 Å². The van der Waals surface area contributed by atoms with Gasteiger partial charge in [-0.25, -0.2) is 4.39 Å². The van der Waals surface area contributed by atoms with Gasteiger partial charge in [0.1, 0.15) is 5.82 Å². The Morgan fingerprint density at radius 2 is 2.17 bits per heavy atom. The first-order chi connectivity index (χ1) is 8.70. The van der Waals surface area contributed by atoms with E-state index in [4.69, 9.17) is 11.6 Å². The molecule has 0 bridgehead atoms. The van der Waals surface area contributed by atoms with Crippen molar-refractivity contribution in [2.24, 2.45) is 5.92 Å². The van der Waals surface area contributed by atoms with Gasteiger partial charge < -0.3 is 5.32 Å². The lowest BCUT2D eigenvalue weighted by Crippen LogP contribution is -2.23. The molecule has 2 rings (SSSR count). The fraction of sp³-hybridized carbons (Fsp3) is 0.571. The predicted molar refractivity (Wildman–Crippen MR) is 77.9 cm³/mol. The minimum Gasteiger partial charge on any atom is -0.313 e. The molecule has 0 aliphatic carbocycles. The van der Waals surface area contributed by atoms with E-state index in [-0.39, 0.29) is 11.9 Å². The van der Waals surface area contributed by atoms with E-state index in [9.17, 15) is 4.39 Å². The number of rotatable bonds is 4. The number of hydrogen-bond donors (Lipinski definition) is 1. The summed E-state index contributed by atoms with van der Waals surface area (Å²) < 4.78 is 13.9. The number of hydrogen-bond acceptors (Lipinski definition) is 2. The van der Waals surface area contributed by atoms with Gasteiger partial charge in [0.2, 0.25) is 0 Å². The first kappa shape index (κ1) is 14.2. The summed E-state index contributed by atoms with van der Waals surface area (Å²) in [7, 11) is 1.90. The second-order valence-electron chi connectivity index (χ2n) is 4.80. The van der Waals surface area contributed by atoms with E-state index >= 15 is 0 Å². The van der Waals surface area contributed by atoms with Gasteiger partial charge in [-0.1, -0.05) is 17.7 Å². The molecule has 0 aromatic heterocycles. The predicted octanol–water partition coefficient (Wildman–Crippen LogP) is 4.27. The zero-order chi connectivity index (χ0) is 13.0. The van der Waals surface area contributed by atoms with Crippen molar-refractivity contribution in [1.29, 1.82) is 0 Å².